The van der Waals surface area contributed by atoms with Crippen molar-refractivity contribution < 1.29 is 9.53 Å². The summed E-state index contributed by atoms with van der Waals surface area (Å²) in [4.78, 5) is 16.8. The summed E-state index contributed by atoms with van der Waals surface area (Å²) in [7, 11) is 3.56. The van der Waals surface area contributed by atoms with E-state index < -0.39 is 0 Å². The molecule has 1 N–H and O–H groups in total. The number of hydrogen-bond acceptors (Lipinski definition) is 4. The lowest BCUT2D eigenvalue weighted by Gasteiger charge is -2.07. The standard InChI is InChI=1S/C19H22N4O2/c1-12-16(13(2)23(3)22-12)9-10-20-19(24)18-7-5-14-11-15(25-4)6-8-17(14)21-18/h5-8,11H,9-10H2,1-4H3,(H,20,24). The second-order valence-corrected chi connectivity index (χ2v) is 6.03. The van der Waals surface area contributed by atoms with E-state index in [2.05, 4.69) is 15.4 Å². The summed E-state index contributed by atoms with van der Waals surface area (Å²) in [5, 5.41) is 8.27. The average molecular weight is 338 g/mol. The number of carbonyl (C=O) groups excluding carboxylic acids is 1. The number of carbonyl (C=O) groups is 1. The van der Waals surface area contributed by atoms with E-state index in [1.54, 1.807) is 13.2 Å². The van der Waals surface area contributed by atoms with Crippen LogP contribution in [0.15, 0.2) is 30.3 Å². The fourth-order valence-electron chi connectivity index (χ4n) is 2.93. The normalized spacial score (nSPS) is 10.9. The van der Waals surface area contributed by atoms with Gasteiger partial charge in [0.05, 0.1) is 18.3 Å². The second kappa shape index (κ2) is 6.93. The van der Waals surface area contributed by atoms with Crippen LogP contribution in [0.3, 0.4) is 0 Å². The molecule has 0 radical (unpaired) electrons. The van der Waals surface area contributed by atoms with Gasteiger partial charge in [-0.2, -0.15) is 5.10 Å². The second-order valence-electron chi connectivity index (χ2n) is 6.03. The van der Waals surface area contributed by atoms with Crippen LogP contribution < -0.4 is 10.1 Å². The largest absolute Gasteiger partial charge is 0.497 e. The SMILES string of the molecule is COc1ccc2nc(C(=O)NCCc3c(C)nn(C)c3C)ccc2c1. The van der Waals surface area contributed by atoms with Gasteiger partial charge in [-0.3, -0.25) is 9.48 Å². The van der Waals surface area contributed by atoms with Crippen molar-refractivity contribution in [2.24, 2.45) is 7.05 Å². The summed E-state index contributed by atoms with van der Waals surface area (Å²) in [5.74, 6) is 0.602. The molecule has 0 aliphatic rings. The molecule has 2 aromatic heterocycles. The number of hydrogen-bond donors (Lipinski definition) is 1. The highest BCUT2D eigenvalue weighted by molar-refractivity contribution is 5.95. The van der Waals surface area contributed by atoms with Gasteiger partial charge in [0.1, 0.15) is 11.4 Å². The molecule has 0 atom stereocenters. The molecule has 2 heterocycles. The zero-order valence-electron chi connectivity index (χ0n) is 15.0. The van der Waals surface area contributed by atoms with E-state index in [-0.39, 0.29) is 5.91 Å². The molecule has 0 saturated heterocycles. The molecule has 3 aromatic rings. The molecule has 0 saturated carbocycles. The van der Waals surface area contributed by atoms with Gasteiger partial charge in [-0.15, -0.1) is 0 Å². The van der Waals surface area contributed by atoms with Gasteiger partial charge in [0.15, 0.2) is 0 Å². The lowest BCUT2D eigenvalue weighted by Crippen LogP contribution is -2.26. The van der Waals surface area contributed by atoms with Gasteiger partial charge in [0, 0.05) is 24.7 Å². The number of ether oxygens (including phenoxy) is 1. The number of nitrogens with zero attached hydrogens (tertiary/aromatic N) is 3. The van der Waals surface area contributed by atoms with Crippen LogP contribution in [0.1, 0.15) is 27.4 Å². The number of nitrogens with one attached hydrogen (secondary N) is 1. The Morgan fingerprint density at radius 3 is 2.72 bits per heavy atom. The number of amides is 1. The molecule has 3 rings (SSSR count). The molecule has 1 amide bonds. The van der Waals surface area contributed by atoms with E-state index in [0.29, 0.717) is 12.2 Å². The summed E-state index contributed by atoms with van der Waals surface area (Å²) in [6, 6.07) is 9.21. The van der Waals surface area contributed by atoms with Crippen molar-refractivity contribution in [1.29, 1.82) is 0 Å². The lowest BCUT2D eigenvalue weighted by atomic mass is 10.1. The van der Waals surface area contributed by atoms with E-state index in [9.17, 15) is 4.79 Å². The van der Waals surface area contributed by atoms with E-state index in [1.165, 1.54) is 5.56 Å². The minimum atomic E-state index is -0.170. The van der Waals surface area contributed by atoms with Crippen LogP contribution in [0.4, 0.5) is 0 Å². The van der Waals surface area contributed by atoms with Gasteiger partial charge in [-0.25, -0.2) is 4.98 Å². The molecule has 0 bridgehead atoms. The fraction of sp³-hybridized carbons (Fsp3) is 0.316. The molecule has 1 aromatic carbocycles. The third-order valence-electron chi connectivity index (χ3n) is 4.45. The first-order valence-electron chi connectivity index (χ1n) is 8.21. The van der Waals surface area contributed by atoms with Gasteiger partial charge in [0.2, 0.25) is 0 Å². The molecular formula is C19H22N4O2. The molecule has 0 unspecified atom stereocenters. The number of pyridine rings is 1. The zero-order chi connectivity index (χ0) is 18.0. The summed E-state index contributed by atoms with van der Waals surface area (Å²) in [5.41, 5.74) is 4.50. The maximum absolute atomic E-state index is 12.4. The quantitative estimate of drug-likeness (QED) is 0.776. The van der Waals surface area contributed by atoms with E-state index >= 15 is 0 Å². The maximum atomic E-state index is 12.4. The van der Waals surface area contributed by atoms with Gasteiger partial charge in [-0.1, -0.05) is 6.07 Å². The maximum Gasteiger partial charge on any atom is 0.269 e. The fourth-order valence-corrected chi connectivity index (χ4v) is 2.93. The van der Waals surface area contributed by atoms with Gasteiger partial charge in [0.25, 0.3) is 5.91 Å². The van der Waals surface area contributed by atoms with Crippen LogP contribution in [0.5, 0.6) is 5.75 Å². The van der Waals surface area contributed by atoms with E-state index in [4.69, 9.17) is 4.74 Å². The molecule has 130 valence electrons. The first kappa shape index (κ1) is 17.0. The Morgan fingerprint density at radius 2 is 2.04 bits per heavy atom. The highest BCUT2D eigenvalue weighted by Crippen LogP contribution is 2.19. The molecule has 0 aliphatic carbocycles. The molecule has 0 aliphatic heterocycles. The van der Waals surface area contributed by atoms with Crippen LogP contribution in [-0.2, 0) is 13.5 Å². The van der Waals surface area contributed by atoms with Crippen molar-refractivity contribution >= 4 is 16.8 Å². The molecule has 0 spiro atoms. The van der Waals surface area contributed by atoms with Gasteiger partial charge in [-0.05, 0) is 50.1 Å². The minimum absolute atomic E-state index is 0.170. The molecule has 6 nitrogen and oxygen atoms in total. The van der Waals surface area contributed by atoms with Crippen LogP contribution in [0, 0.1) is 13.8 Å². The van der Waals surface area contributed by atoms with Crippen molar-refractivity contribution in [3.63, 3.8) is 0 Å². The molecule has 6 heteroatoms. The molecular weight excluding hydrogens is 316 g/mol. The summed E-state index contributed by atoms with van der Waals surface area (Å²) in [6.45, 7) is 4.58. The first-order valence-corrected chi connectivity index (χ1v) is 8.21. The number of benzene rings is 1. The van der Waals surface area contributed by atoms with Crippen molar-refractivity contribution in [1.82, 2.24) is 20.1 Å². The average Bonchev–Trinajstić information content (AvgIpc) is 2.86. The Labute approximate surface area is 146 Å². The Morgan fingerprint density at radius 1 is 1.24 bits per heavy atom. The van der Waals surface area contributed by atoms with Crippen molar-refractivity contribution in [2.75, 3.05) is 13.7 Å². The van der Waals surface area contributed by atoms with Crippen LogP contribution in [0.2, 0.25) is 0 Å². The van der Waals surface area contributed by atoms with Crippen molar-refractivity contribution in [3.8, 4) is 5.75 Å². The monoisotopic (exact) mass is 338 g/mol. The van der Waals surface area contributed by atoms with Crippen molar-refractivity contribution in [3.05, 3.63) is 53.0 Å². The highest BCUT2D eigenvalue weighted by atomic mass is 16.5. The Kier molecular flexibility index (Phi) is 4.70. The van der Waals surface area contributed by atoms with Crippen LogP contribution in [0.25, 0.3) is 10.9 Å². The van der Waals surface area contributed by atoms with Crippen LogP contribution in [-0.4, -0.2) is 34.3 Å². The Hall–Kier alpha value is -2.89. The predicted molar refractivity (Wildman–Crippen MR) is 97.0 cm³/mol. The van der Waals surface area contributed by atoms with Gasteiger partial charge < -0.3 is 10.1 Å². The zero-order valence-corrected chi connectivity index (χ0v) is 15.0. The molecule has 25 heavy (non-hydrogen) atoms. The first-order chi connectivity index (χ1) is 12.0. The highest BCUT2D eigenvalue weighted by Gasteiger charge is 2.11. The van der Waals surface area contributed by atoms with E-state index in [0.717, 1.165) is 34.5 Å². The number of rotatable bonds is 5. The third kappa shape index (κ3) is 3.47. The van der Waals surface area contributed by atoms with Crippen molar-refractivity contribution in [2.45, 2.75) is 20.3 Å². The summed E-state index contributed by atoms with van der Waals surface area (Å²) >= 11 is 0. The number of aromatic nitrogens is 3. The molecule has 0 fully saturated rings. The number of methoxy groups -OCH3 is 1. The minimum Gasteiger partial charge on any atom is -0.497 e. The Bertz CT molecular complexity index is 931. The van der Waals surface area contributed by atoms with Gasteiger partial charge >= 0.3 is 0 Å². The topological polar surface area (TPSA) is 69.0 Å². The summed E-state index contributed by atoms with van der Waals surface area (Å²) in [6.07, 6.45) is 0.752. The summed E-state index contributed by atoms with van der Waals surface area (Å²) < 4.78 is 7.07. The van der Waals surface area contributed by atoms with E-state index in [1.807, 2.05) is 49.8 Å². The number of fused-ring (bicyclic) bond motifs is 1. The predicted octanol–water partition coefficient (Wildman–Crippen LogP) is 2.57. The lowest BCUT2D eigenvalue weighted by molar-refractivity contribution is 0.0949. The smallest absolute Gasteiger partial charge is 0.269 e. The third-order valence-corrected chi connectivity index (χ3v) is 4.45. The number of aryl methyl sites for hydroxylation is 2. The Balaban J connectivity index is 1.67. The van der Waals surface area contributed by atoms with Crippen LogP contribution >= 0.6 is 0 Å².